The molecule has 208 valence electrons. The quantitative estimate of drug-likeness (QED) is 0.219. The lowest BCUT2D eigenvalue weighted by Crippen LogP contribution is -2.33. The predicted octanol–water partition coefficient (Wildman–Crippen LogP) is 2.43. The highest BCUT2D eigenvalue weighted by Crippen LogP contribution is 2.28. The van der Waals surface area contributed by atoms with Gasteiger partial charge < -0.3 is 10.1 Å². The van der Waals surface area contributed by atoms with Crippen LogP contribution in [-0.2, 0) is 24.8 Å². The van der Waals surface area contributed by atoms with Crippen LogP contribution in [0.4, 0.5) is 11.4 Å². The molecule has 0 radical (unpaired) electrons. The number of nitro groups is 1. The Morgan fingerprint density at radius 3 is 2.37 bits per heavy atom. The van der Waals surface area contributed by atoms with Gasteiger partial charge in [-0.15, -0.1) is 0 Å². The maximum absolute atomic E-state index is 12.6. The number of carbonyl (C=O) groups excluding carboxylic acids is 1. The van der Waals surface area contributed by atoms with Gasteiger partial charge in [0.15, 0.2) is 0 Å². The molecule has 1 saturated heterocycles. The largest absolute Gasteiger partial charge is 0.492 e. The van der Waals surface area contributed by atoms with E-state index in [1.807, 2.05) is 0 Å². The van der Waals surface area contributed by atoms with Crippen molar-refractivity contribution in [3.8, 4) is 5.75 Å². The molecule has 2 aromatic rings. The zero-order valence-corrected chi connectivity index (χ0v) is 23.0. The molecule has 0 spiro atoms. The normalized spacial score (nSPS) is 14.3. The minimum absolute atomic E-state index is 0.0164. The fourth-order valence-corrected chi connectivity index (χ4v) is 6.59. The fourth-order valence-electron chi connectivity index (χ4n) is 4.06. The van der Waals surface area contributed by atoms with E-state index in [1.165, 1.54) is 34.6 Å². The van der Waals surface area contributed by atoms with Crippen LogP contribution in [0.25, 0.3) is 0 Å². The molecule has 0 bridgehead atoms. The Bertz CT molecular complexity index is 1360. The Morgan fingerprint density at radius 1 is 1.11 bits per heavy atom. The third-order valence-electron chi connectivity index (χ3n) is 6.06. The molecule has 0 atom stereocenters. The van der Waals surface area contributed by atoms with Crippen LogP contribution >= 0.6 is 0 Å². The van der Waals surface area contributed by atoms with Gasteiger partial charge in [-0.05, 0) is 56.0 Å². The number of ether oxygens (including phenoxy) is 1. The van der Waals surface area contributed by atoms with Crippen LogP contribution in [0.2, 0.25) is 0 Å². The number of nitro benzene ring substituents is 1. The second-order valence-corrected chi connectivity index (χ2v) is 12.8. The van der Waals surface area contributed by atoms with E-state index in [0.717, 1.165) is 23.4 Å². The van der Waals surface area contributed by atoms with Crippen LogP contribution in [0.3, 0.4) is 0 Å². The van der Waals surface area contributed by atoms with Crippen molar-refractivity contribution < 1.29 is 31.3 Å². The van der Waals surface area contributed by atoms with Crippen LogP contribution in [0.5, 0.6) is 5.75 Å². The van der Waals surface area contributed by atoms with Gasteiger partial charge in [0.05, 0.1) is 28.3 Å². The Hall–Kier alpha value is -3.23. The molecule has 12 nitrogen and oxygen atoms in total. The molecule has 14 heteroatoms. The standard InChI is InChI=1S/C24H32N4O8S2/c1-19-7-8-20(28(30)31)18-23(19)27(37(2,32)33)16-5-6-24(29)25-13-17-36-21-9-11-22(12-10-21)38(34,35)26-14-3-4-15-26/h7-12,18H,3-6,13-17H2,1-2H3,(H,25,29). The molecule has 1 N–H and O–H groups in total. The van der Waals surface area contributed by atoms with Crippen molar-refractivity contribution in [2.24, 2.45) is 0 Å². The Kier molecular flexibility index (Phi) is 9.68. The summed E-state index contributed by atoms with van der Waals surface area (Å²) in [4.78, 5) is 22.9. The molecule has 0 unspecified atom stereocenters. The minimum atomic E-state index is -3.73. The molecule has 1 amide bonds. The number of hydrogen-bond donors (Lipinski definition) is 1. The summed E-state index contributed by atoms with van der Waals surface area (Å²) in [5, 5.41) is 13.8. The number of non-ortho nitro benzene ring substituents is 1. The summed E-state index contributed by atoms with van der Waals surface area (Å²) < 4.78 is 57.9. The third-order valence-corrected chi connectivity index (χ3v) is 9.15. The van der Waals surface area contributed by atoms with Crippen molar-refractivity contribution in [3.05, 3.63) is 58.1 Å². The van der Waals surface area contributed by atoms with E-state index in [4.69, 9.17) is 4.74 Å². The first kappa shape index (κ1) is 29.3. The molecule has 1 aliphatic heterocycles. The zero-order chi connectivity index (χ0) is 27.9. The second-order valence-electron chi connectivity index (χ2n) is 8.95. The van der Waals surface area contributed by atoms with E-state index in [1.54, 1.807) is 19.1 Å². The van der Waals surface area contributed by atoms with Gasteiger partial charge in [-0.3, -0.25) is 19.2 Å². The number of carbonyl (C=O) groups is 1. The van der Waals surface area contributed by atoms with Gasteiger partial charge in [-0.1, -0.05) is 6.07 Å². The van der Waals surface area contributed by atoms with E-state index in [2.05, 4.69) is 5.32 Å². The van der Waals surface area contributed by atoms with Crippen LogP contribution in [0, 0.1) is 17.0 Å². The summed E-state index contributed by atoms with van der Waals surface area (Å²) >= 11 is 0. The minimum Gasteiger partial charge on any atom is -0.492 e. The number of aryl methyl sites for hydroxylation is 1. The molecular formula is C24H32N4O8S2. The molecule has 0 saturated carbocycles. The van der Waals surface area contributed by atoms with Gasteiger partial charge in [0, 0.05) is 38.2 Å². The Balaban J connectivity index is 1.45. The van der Waals surface area contributed by atoms with E-state index in [-0.39, 0.29) is 54.7 Å². The van der Waals surface area contributed by atoms with Crippen molar-refractivity contribution in [3.63, 3.8) is 0 Å². The summed E-state index contributed by atoms with van der Waals surface area (Å²) in [6.07, 6.45) is 2.98. The number of nitrogens with zero attached hydrogens (tertiary/aromatic N) is 3. The lowest BCUT2D eigenvalue weighted by Gasteiger charge is -2.24. The van der Waals surface area contributed by atoms with Crippen molar-refractivity contribution in [1.29, 1.82) is 0 Å². The van der Waals surface area contributed by atoms with E-state index < -0.39 is 25.0 Å². The number of benzene rings is 2. The van der Waals surface area contributed by atoms with Crippen molar-refractivity contribution in [2.45, 2.75) is 37.5 Å². The summed E-state index contributed by atoms with van der Waals surface area (Å²) in [6, 6.07) is 10.1. The predicted molar refractivity (Wildman–Crippen MR) is 142 cm³/mol. The molecule has 0 aromatic heterocycles. The molecule has 1 heterocycles. The number of amides is 1. The van der Waals surface area contributed by atoms with Crippen LogP contribution in [0.15, 0.2) is 47.4 Å². The molecule has 1 fully saturated rings. The first-order chi connectivity index (χ1) is 17.9. The average molecular weight is 569 g/mol. The molecule has 0 aliphatic carbocycles. The van der Waals surface area contributed by atoms with Gasteiger partial charge >= 0.3 is 0 Å². The van der Waals surface area contributed by atoms with Crippen LogP contribution in [-0.4, -0.2) is 71.0 Å². The van der Waals surface area contributed by atoms with Crippen LogP contribution < -0.4 is 14.4 Å². The summed E-state index contributed by atoms with van der Waals surface area (Å²) in [6.45, 7) is 3.06. The molecule has 2 aromatic carbocycles. The molecule has 1 aliphatic rings. The van der Waals surface area contributed by atoms with E-state index >= 15 is 0 Å². The summed E-state index contributed by atoms with van der Waals surface area (Å²) in [5.74, 6) is 0.167. The van der Waals surface area contributed by atoms with Crippen LogP contribution in [0.1, 0.15) is 31.2 Å². The fraction of sp³-hybridized carbons (Fsp3) is 0.458. The van der Waals surface area contributed by atoms with Crippen molar-refractivity contribution in [2.75, 3.05) is 43.3 Å². The lowest BCUT2D eigenvalue weighted by molar-refractivity contribution is -0.384. The first-order valence-corrected chi connectivity index (χ1v) is 15.4. The summed E-state index contributed by atoms with van der Waals surface area (Å²) in [5.41, 5.74) is 0.541. The van der Waals surface area contributed by atoms with Crippen molar-refractivity contribution in [1.82, 2.24) is 9.62 Å². The number of anilines is 1. The van der Waals surface area contributed by atoms with E-state index in [0.29, 0.717) is 24.4 Å². The highest BCUT2D eigenvalue weighted by molar-refractivity contribution is 7.92. The van der Waals surface area contributed by atoms with Crippen molar-refractivity contribution >= 4 is 37.3 Å². The van der Waals surface area contributed by atoms with Gasteiger partial charge in [0.25, 0.3) is 5.69 Å². The monoisotopic (exact) mass is 568 g/mol. The molecular weight excluding hydrogens is 536 g/mol. The Morgan fingerprint density at radius 2 is 1.76 bits per heavy atom. The number of sulfonamides is 2. The molecule has 3 rings (SSSR count). The van der Waals surface area contributed by atoms with Gasteiger partial charge in [0.1, 0.15) is 12.4 Å². The zero-order valence-electron chi connectivity index (χ0n) is 21.3. The van der Waals surface area contributed by atoms with Gasteiger partial charge in [-0.25, -0.2) is 16.8 Å². The SMILES string of the molecule is Cc1ccc([N+](=O)[O-])cc1N(CCCC(=O)NCCOc1ccc(S(=O)(=O)N2CCCC2)cc1)S(C)(=O)=O. The highest BCUT2D eigenvalue weighted by atomic mass is 32.2. The van der Waals surface area contributed by atoms with E-state index in [9.17, 15) is 31.7 Å². The maximum Gasteiger partial charge on any atom is 0.271 e. The lowest BCUT2D eigenvalue weighted by atomic mass is 10.1. The third kappa shape index (κ3) is 7.65. The number of hydrogen-bond acceptors (Lipinski definition) is 8. The maximum atomic E-state index is 12.6. The smallest absolute Gasteiger partial charge is 0.271 e. The number of nitrogens with one attached hydrogen (secondary N) is 1. The molecule has 38 heavy (non-hydrogen) atoms. The van der Waals surface area contributed by atoms with Gasteiger partial charge in [0.2, 0.25) is 26.0 Å². The summed E-state index contributed by atoms with van der Waals surface area (Å²) in [7, 11) is -7.22. The number of rotatable bonds is 13. The van der Waals surface area contributed by atoms with Gasteiger partial charge in [-0.2, -0.15) is 4.31 Å². The topological polar surface area (TPSA) is 156 Å². The first-order valence-electron chi connectivity index (χ1n) is 12.1. The second kappa shape index (κ2) is 12.5. The highest BCUT2D eigenvalue weighted by Gasteiger charge is 2.27. The average Bonchev–Trinajstić information content (AvgIpc) is 3.41. The Labute approximate surface area is 222 Å².